The van der Waals surface area contributed by atoms with Gasteiger partial charge in [0.1, 0.15) is 5.75 Å². The Kier molecular flexibility index (Phi) is 5.37. The van der Waals surface area contributed by atoms with E-state index in [1.807, 2.05) is 0 Å². The van der Waals surface area contributed by atoms with Gasteiger partial charge in [-0.15, -0.1) is 0 Å². The van der Waals surface area contributed by atoms with Gasteiger partial charge in [0.25, 0.3) is 0 Å². The van der Waals surface area contributed by atoms with Crippen LogP contribution in [0.25, 0.3) is 0 Å². The molecule has 0 aromatic heterocycles. The molecule has 0 spiro atoms. The van der Waals surface area contributed by atoms with Crippen LogP contribution in [0.5, 0.6) is 5.75 Å². The number of hydrogen-bond donors (Lipinski definition) is 1. The molecule has 1 aliphatic rings. The van der Waals surface area contributed by atoms with Gasteiger partial charge in [0.2, 0.25) is 11.8 Å². The third kappa shape index (κ3) is 4.63. The molecule has 1 saturated heterocycles. The summed E-state index contributed by atoms with van der Waals surface area (Å²) in [5.41, 5.74) is 0.663. The average Bonchev–Trinajstić information content (AvgIpc) is 2.54. The maximum absolute atomic E-state index is 11.9. The van der Waals surface area contributed by atoms with Crippen molar-refractivity contribution in [3.63, 3.8) is 0 Å². The molecule has 1 aromatic rings. The number of nitrogens with zero attached hydrogens (tertiary/aromatic N) is 1. The van der Waals surface area contributed by atoms with Crippen molar-refractivity contribution in [2.45, 2.75) is 19.3 Å². The van der Waals surface area contributed by atoms with E-state index in [0.717, 1.165) is 31.7 Å². The third-order valence-electron chi connectivity index (χ3n) is 3.40. The van der Waals surface area contributed by atoms with Crippen molar-refractivity contribution < 1.29 is 14.3 Å². The number of carbonyl (C=O) groups excluding carboxylic acids is 2. The summed E-state index contributed by atoms with van der Waals surface area (Å²) in [6.07, 6.45) is 5.87. The standard InChI is InChI=1S/C16H20N2O3/c1-21-14-7-5-13(6-8-14)17-15(19)9-10-16(20)18-11-3-2-4-12-18/h5-10H,2-4,11-12H2,1H3,(H,17,19)/b10-9+. The number of anilines is 1. The number of benzene rings is 1. The van der Waals surface area contributed by atoms with Crippen molar-refractivity contribution in [3.8, 4) is 5.75 Å². The van der Waals surface area contributed by atoms with Crippen molar-refractivity contribution in [3.05, 3.63) is 36.4 Å². The highest BCUT2D eigenvalue weighted by Gasteiger charge is 2.13. The molecule has 1 aliphatic heterocycles. The van der Waals surface area contributed by atoms with Crippen molar-refractivity contribution in [2.24, 2.45) is 0 Å². The Labute approximate surface area is 124 Å². The van der Waals surface area contributed by atoms with E-state index in [0.29, 0.717) is 5.69 Å². The summed E-state index contributed by atoms with van der Waals surface area (Å²) in [6, 6.07) is 7.02. The van der Waals surface area contributed by atoms with E-state index in [2.05, 4.69) is 5.32 Å². The molecule has 0 aliphatic carbocycles. The van der Waals surface area contributed by atoms with Crippen molar-refractivity contribution in [1.82, 2.24) is 4.90 Å². The van der Waals surface area contributed by atoms with E-state index in [-0.39, 0.29) is 11.8 Å². The second kappa shape index (κ2) is 7.47. The molecule has 2 amide bonds. The lowest BCUT2D eigenvalue weighted by Gasteiger charge is -2.25. The van der Waals surface area contributed by atoms with Gasteiger partial charge in [-0.2, -0.15) is 0 Å². The molecule has 21 heavy (non-hydrogen) atoms. The van der Waals surface area contributed by atoms with E-state index in [1.54, 1.807) is 36.3 Å². The molecule has 1 N–H and O–H groups in total. The molecule has 1 fully saturated rings. The first-order valence-electron chi connectivity index (χ1n) is 7.11. The normalized spacial score (nSPS) is 15.0. The molecule has 5 heteroatoms. The van der Waals surface area contributed by atoms with Gasteiger partial charge in [0.05, 0.1) is 7.11 Å². The van der Waals surface area contributed by atoms with Gasteiger partial charge in [-0.05, 0) is 43.5 Å². The van der Waals surface area contributed by atoms with E-state index >= 15 is 0 Å². The molecule has 0 bridgehead atoms. The number of carbonyl (C=O) groups is 2. The number of methoxy groups -OCH3 is 1. The molecule has 1 aromatic carbocycles. The zero-order valence-corrected chi connectivity index (χ0v) is 12.2. The lowest BCUT2D eigenvalue weighted by atomic mass is 10.1. The molecule has 112 valence electrons. The summed E-state index contributed by atoms with van der Waals surface area (Å²) in [4.78, 5) is 25.4. The van der Waals surface area contributed by atoms with Crippen LogP contribution in [0.3, 0.4) is 0 Å². The largest absolute Gasteiger partial charge is 0.497 e. The second-order valence-corrected chi connectivity index (χ2v) is 4.94. The van der Waals surface area contributed by atoms with E-state index in [1.165, 1.54) is 18.6 Å². The number of hydrogen-bond acceptors (Lipinski definition) is 3. The van der Waals surface area contributed by atoms with Crippen LogP contribution in [-0.2, 0) is 9.59 Å². The molecular formula is C16H20N2O3. The van der Waals surface area contributed by atoms with Crippen LogP contribution < -0.4 is 10.1 Å². The van der Waals surface area contributed by atoms with Gasteiger partial charge in [-0.25, -0.2) is 0 Å². The molecule has 1 heterocycles. The summed E-state index contributed by atoms with van der Waals surface area (Å²) >= 11 is 0. The van der Waals surface area contributed by atoms with Gasteiger partial charge in [-0.1, -0.05) is 0 Å². The highest BCUT2D eigenvalue weighted by Crippen LogP contribution is 2.15. The number of likely N-dealkylation sites (tertiary alicyclic amines) is 1. The number of nitrogens with one attached hydrogen (secondary N) is 1. The van der Waals surface area contributed by atoms with Crippen molar-refractivity contribution >= 4 is 17.5 Å². The molecule has 0 saturated carbocycles. The number of amides is 2. The first kappa shape index (κ1) is 15.1. The molecule has 5 nitrogen and oxygen atoms in total. The summed E-state index contributed by atoms with van der Waals surface area (Å²) < 4.78 is 5.04. The monoisotopic (exact) mass is 288 g/mol. The minimum Gasteiger partial charge on any atom is -0.497 e. The molecule has 0 atom stereocenters. The fourth-order valence-electron chi connectivity index (χ4n) is 2.22. The zero-order valence-electron chi connectivity index (χ0n) is 12.2. The summed E-state index contributed by atoms with van der Waals surface area (Å²) in [7, 11) is 1.59. The average molecular weight is 288 g/mol. The Morgan fingerprint density at radius 3 is 2.38 bits per heavy atom. The van der Waals surface area contributed by atoms with Crippen molar-refractivity contribution in [1.29, 1.82) is 0 Å². The molecule has 0 unspecified atom stereocenters. The third-order valence-corrected chi connectivity index (χ3v) is 3.40. The lowest BCUT2D eigenvalue weighted by Crippen LogP contribution is -2.34. The Morgan fingerprint density at radius 2 is 1.76 bits per heavy atom. The summed E-state index contributed by atoms with van der Waals surface area (Å²) in [6.45, 7) is 1.56. The van der Waals surface area contributed by atoms with Gasteiger partial charge in [0, 0.05) is 30.9 Å². The number of piperidine rings is 1. The lowest BCUT2D eigenvalue weighted by molar-refractivity contribution is -0.127. The highest BCUT2D eigenvalue weighted by atomic mass is 16.5. The highest BCUT2D eigenvalue weighted by molar-refractivity contribution is 6.03. The predicted octanol–water partition coefficient (Wildman–Crippen LogP) is 2.20. The minimum atomic E-state index is -0.314. The molecule has 0 radical (unpaired) electrons. The van der Waals surface area contributed by atoms with E-state index in [9.17, 15) is 9.59 Å². The van der Waals surface area contributed by atoms with E-state index in [4.69, 9.17) is 4.74 Å². The van der Waals surface area contributed by atoms with Crippen LogP contribution in [-0.4, -0.2) is 36.9 Å². The first-order chi connectivity index (χ1) is 10.2. The van der Waals surface area contributed by atoms with Crippen LogP contribution in [0.4, 0.5) is 5.69 Å². The quantitative estimate of drug-likeness (QED) is 0.864. The van der Waals surface area contributed by atoms with Crippen LogP contribution in [0.1, 0.15) is 19.3 Å². The van der Waals surface area contributed by atoms with Crippen LogP contribution in [0, 0.1) is 0 Å². The second-order valence-electron chi connectivity index (χ2n) is 4.94. The van der Waals surface area contributed by atoms with Gasteiger partial charge >= 0.3 is 0 Å². The first-order valence-corrected chi connectivity index (χ1v) is 7.11. The Bertz CT molecular complexity index is 517. The van der Waals surface area contributed by atoms with Crippen LogP contribution >= 0.6 is 0 Å². The Hall–Kier alpha value is -2.30. The van der Waals surface area contributed by atoms with E-state index < -0.39 is 0 Å². The van der Waals surface area contributed by atoms with Crippen LogP contribution in [0.2, 0.25) is 0 Å². The number of ether oxygens (including phenoxy) is 1. The number of rotatable bonds is 4. The SMILES string of the molecule is COc1ccc(NC(=O)/C=C/C(=O)N2CCCCC2)cc1. The summed E-state index contributed by atoms with van der Waals surface area (Å²) in [5, 5.41) is 2.70. The smallest absolute Gasteiger partial charge is 0.248 e. The molecular weight excluding hydrogens is 268 g/mol. The fraction of sp³-hybridized carbons (Fsp3) is 0.375. The maximum Gasteiger partial charge on any atom is 0.248 e. The van der Waals surface area contributed by atoms with Gasteiger partial charge in [0.15, 0.2) is 0 Å². The van der Waals surface area contributed by atoms with Crippen LogP contribution in [0.15, 0.2) is 36.4 Å². The van der Waals surface area contributed by atoms with Crippen molar-refractivity contribution in [2.75, 3.05) is 25.5 Å². The fourth-order valence-corrected chi connectivity index (χ4v) is 2.22. The summed E-state index contributed by atoms with van der Waals surface area (Å²) in [5.74, 6) is 0.314. The maximum atomic E-state index is 11.9. The zero-order chi connectivity index (χ0) is 15.1. The Morgan fingerprint density at radius 1 is 1.10 bits per heavy atom. The van der Waals surface area contributed by atoms with Gasteiger partial charge < -0.3 is 15.0 Å². The van der Waals surface area contributed by atoms with Gasteiger partial charge in [-0.3, -0.25) is 9.59 Å². The molecule has 2 rings (SSSR count). The topological polar surface area (TPSA) is 58.6 Å². The Balaban J connectivity index is 1.85. The minimum absolute atomic E-state index is 0.0976. The predicted molar refractivity (Wildman–Crippen MR) is 81.2 cm³/mol.